The highest BCUT2D eigenvalue weighted by Gasteiger charge is 2.01. The van der Waals surface area contributed by atoms with E-state index >= 15 is 0 Å². The maximum atomic E-state index is 5.15. The summed E-state index contributed by atoms with van der Waals surface area (Å²) in [6.07, 6.45) is 1.83. The van der Waals surface area contributed by atoms with Crippen molar-refractivity contribution in [2.45, 2.75) is 0 Å². The number of nitrogens with zero attached hydrogens (tertiary/aromatic N) is 1. The summed E-state index contributed by atoms with van der Waals surface area (Å²) in [5.74, 6) is 0.872. The molecule has 3 nitrogen and oxygen atoms in total. The number of ether oxygens (including phenoxy) is 1. The highest BCUT2D eigenvalue weighted by atomic mass is 16.5. The highest BCUT2D eigenvalue weighted by Crippen LogP contribution is 2.25. The summed E-state index contributed by atoms with van der Waals surface area (Å²) < 4.78 is 5.15. The number of H-pyrrole nitrogens is 1. The fourth-order valence-electron chi connectivity index (χ4n) is 1.90. The van der Waals surface area contributed by atoms with Crippen molar-refractivity contribution >= 4 is 10.9 Å². The molecule has 1 N–H and O–H groups in total. The number of hydrogen-bond acceptors (Lipinski definition) is 2. The number of fused-ring (bicyclic) bond motifs is 1. The smallest absolute Gasteiger partial charge is 0.118 e. The Morgan fingerprint density at radius 2 is 1.76 bits per heavy atom. The third kappa shape index (κ3) is 1.76. The molecule has 0 bridgehead atoms. The van der Waals surface area contributed by atoms with Gasteiger partial charge in [0.25, 0.3) is 0 Å². The van der Waals surface area contributed by atoms with Gasteiger partial charge in [0.15, 0.2) is 0 Å². The van der Waals surface area contributed by atoms with Crippen molar-refractivity contribution in [2.24, 2.45) is 0 Å². The molecule has 0 saturated heterocycles. The van der Waals surface area contributed by atoms with Crippen LogP contribution in [0.4, 0.5) is 0 Å². The molecule has 3 aromatic rings. The molecule has 0 amide bonds. The maximum absolute atomic E-state index is 5.15. The Morgan fingerprint density at radius 3 is 2.53 bits per heavy atom. The van der Waals surface area contributed by atoms with Gasteiger partial charge < -0.3 is 4.74 Å². The largest absolute Gasteiger partial charge is 0.497 e. The Bertz CT molecular complexity index is 641. The number of aromatic amines is 1. The van der Waals surface area contributed by atoms with Gasteiger partial charge in [0, 0.05) is 5.39 Å². The van der Waals surface area contributed by atoms with E-state index in [1.807, 2.05) is 18.3 Å². The minimum Gasteiger partial charge on any atom is -0.497 e. The molecule has 2 aromatic carbocycles. The molecule has 0 aliphatic heterocycles. The molecule has 3 rings (SSSR count). The Hall–Kier alpha value is -2.29. The molecule has 0 radical (unpaired) electrons. The van der Waals surface area contributed by atoms with Crippen LogP contribution in [0.15, 0.2) is 48.7 Å². The molecule has 0 atom stereocenters. The van der Waals surface area contributed by atoms with Crippen molar-refractivity contribution in [1.29, 1.82) is 0 Å². The summed E-state index contributed by atoms with van der Waals surface area (Å²) in [5, 5.41) is 8.12. The summed E-state index contributed by atoms with van der Waals surface area (Å²) in [4.78, 5) is 0. The number of aromatic nitrogens is 2. The van der Waals surface area contributed by atoms with E-state index in [0.717, 1.165) is 16.7 Å². The molecule has 0 saturated carbocycles. The summed E-state index contributed by atoms with van der Waals surface area (Å²) in [6.45, 7) is 0. The number of rotatable bonds is 2. The minimum atomic E-state index is 0.872. The predicted molar refractivity (Wildman–Crippen MR) is 68.1 cm³/mol. The lowest BCUT2D eigenvalue weighted by atomic mass is 10.0. The summed E-state index contributed by atoms with van der Waals surface area (Å²) in [6, 6.07) is 14.3. The van der Waals surface area contributed by atoms with Crippen molar-refractivity contribution in [3.05, 3.63) is 48.7 Å². The molecular weight excluding hydrogens is 212 g/mol. The predicted octanol–water partition coefficient (Wildman–Crippen LogP) is 3.24. The second kappa shape index (κ2) is 3.94. The van der Waals surface area contributed by atoms with Crippen LogP contribution in [-0.2, 0) is 0 Å². The van der Waals surface area contributed by atoms with Gasteiger partial charge in [-0.05, 0) is 29.3 Å². The second-order valence-electron chi connectivity index (χ2n) is 3.90. The van der Waals surface area contributed by atoms with E-state index in [1.165, 1.54) is 11.1 Å². The topological polar surface area (TPSA) is 37.9 Å². The van der Waals surface area contributed by atoms with Gasteiger partial charge in [0.1, 0.15) is 5.75 Å². The van der Waals surface area contributed by atoms with Crippen LogP contribution in [-0.4, -0.2) is 17.3 Å². The fourth-order valence-corrected chi connectivity index (χ4v) is 1.90. The van der Waals surface area contributed by atoms with E-state index in [2.05, 4.69) is 40.5 Å². The first kappa shape index (κ1) is 9.90. The SMILES string of the molecule is COc1ccc(-c2ccc3cn[nH]c3c2)cc1. The van der Waals surface area contributed by atoms with Crippen LogP contribution in [0.3, 0.4) is 0 Å². The van der Waals surface area contributed by atoms with E-state index in [4.69, 9.17) is 4.74 Å². The summed E-state index contributed by atoms with van der Waals surface area (Å²) in [7, 11) is 1.67. The van der Waals surface area contributed by atoms with Crippen molar-refractivity contribution in [1.82, 2.24) is 10.2 Å². The Kier molecular flexibility index (Phi) is 2.29. The van der Waals surface area contributed by atoms with Crippen LogP contribution < -0.4 is 4.74 Å². The van der Waals surface area contributed by atoms with E-state index < -0.39 is 0 Å². The Balaban J connectivity index is 2.06. The highest BCUT2D eigenvalue weighted by molar-refractivity contribution is 5.83. The normalized spacial score (nSPS) is 10.6. The molecule has 0 aliphatic rings. The van der Waals surface area contributed by atoms with Crippen LogP contribution in [0.25, 0.3) is 22.0 Å². The van der Waals surface area contributed by atoms with Gasteiger partial charge in [-0.2, -0.15) is 5.10 Å². The third-order valence-corrected chi connectivity index (χ3v) is 2.87. The number of hydrogen-bond donors (Lipinski definition) is 1. The summed E-state index contributed by atoms with van der Waals surface area (Å²) in [5.41, 5.74) is 3.39. The molecule has 84 valence electrons. The molecule has 0 fully saturated rings. The average molecular weight is 224 g/mol. The first-order chi connectivity index (χ1) is 8.36. The van der Waals surface area contributed by atoms with Gasteiger partial charge >= 0.3 is 0 Å². The lowest BCUT2D eigenvalue weighted by Gasteiger charge is -2.03. The monoisotopic (exact) mass is 224 g/mol. The lowest BCUT2D eigenvalue weighted by molar-refractivity contribution is 0.415. The van der Waals surface area contributed by atoms with Gasteiger partial charge in [-0.1, -0.05) is 24.3 Å². The van der Waals surface area contributed by atoms with E-state index in [1.54, 1.807) is 7.11 Å². The molecule has 0 spiro atoms. The zero-order valence-corrected chi connectivity index (χ0v) is 9.47. The van der Waals surface area contributed by atoms with E-state index in [0.29, 0.717) is 0 Å². The lowest BCUT2D eigenvalue weighted by Crippen LogP contribution is -1.82. The second-order valence-corrected chi connectivity index (χ2v) is 3.90. The average Bonchev–Trinajstić information content (AvgIpc) is 2.86. The van der Waals surface area contributed by atoms with Crippen LogP contribution in [0.1, 0.15) is 0 Å². The minimum absolute atomic E-state index is 0.872. The molecule has 1 heterocycles. The first-order valence-electron chi connectivity index (χ1n) is 5.44. The van der Waals surface area contributed by atoms with Crippen LogP contribution in [0, 0.1) is 0 Å². The van der Waals surface area contributed by atoms with E-state index in [9.17, 15) is 0 Å². The fraction of sp³-hybridized carbons (Fsp3) is 0.0714. The quantitative estimate of drug-likeness (QED) is 0.725. The number of methoxy groups -OCH3 is 1. The van der Waals surface area contributed by atoms with Crippen molar-refractivity contribution in [3.8, 4) is 16.9 Å². The molecular formula is C14H12N2O. The van der Waals surface area contributed by atoms with Gasteiger partial charge in [-0.3, -0.25) is 5.10 Å². The van der Waals surface area contributed by atoms with Crippen molar-refractivity contribution in [2.75, 3.05) is 7.11 Å². The molecule has 0 aliphatic carbocycles. The van der Waals surface area contributed by atoms with Gasteiger partial charge in [-0.25, -0.2) is 0 Å². The zero-order valence-electron chi connectivity index (χ0n) is 9.47. The molecule has 17 heavy (non-hydrogen) atoms. The maximum Gasteiger partial charge on any atom is 0.118 e. The standard InChI is InChI=1S/C14H12N2O/c1-17-13-6-4-10(5-7-13)11-2-3-12-9-15-16-14(12)8-11/h2-9H,1H3,(H,15,16). The van der Waals surface area contributed by atoms with Crippen LogP contribution >= 0.6 is 0 Å². The van der Waals surface area contributed by atoms with Gasteiger partial charge in [0.2, 0.25) is 0 Å². The van der Waals surface area contributed by atoms with Gasteiger partial charge in [0.05, 0.1) is 18.8 Å². The van der Waals surface area contributed by atoms with Crippen molar-refractivity contribution < 1.29 is 4.74 Å². The first-order valence-corrected chi connectivity index (χ1v) is 5.44. The van der Waals surface area contributed by atoms with Crippen molar-refractivity contribution in [3.63, 3.8) is 0 Å². The number of benzene rings is 2. The molecule has 3 heteroatoms. The van der Waals surface area contributed by atoms with Crippen LogP contribution in [0.2, 0.25) is 0 Å². The zero-order chi connectivity index (χ0) is 11.7. The van der Waals surface area contributed by atoms with Crippen LogP contribution in [0.5, 0.6) is 5.75 Å². The Morgan fingerprint density at radius 1 is 1.00 bits per heavy atom. The summed E-state index contributed by atoms with van der Waals surface area (Å²) >= 11 is 0. The Labute approximate surface area is 99.0 Å². The van der Waals surface area contributed by atoms with E-state index in [-0.39, 0.29) is 0 Å². The molecule has 1 aromatic heterocycles. The van der Waals surface area contributed by atoms with Gasteiger partial charge in [-0.15, -0.1) is 0 Å². The molecule has 0 unspecified atom stereocenters. The number of nitrogens with one attached hydrogen (secondary N) is 1. The third-order valence-electron chi connectivity index (χ3n) is 2.87.